The molecule has 3 amide bonds. The van der Waals surface area contributed by atoms with Crippen molar-refractivity contribution in [3.63, 3.8) is 0 Å². The van der Waals surface area contributed by atoms with Crippen molar-refractivity contribution in [3.8, 4) is 0 Å². The minimum Gasteiger partial charge on any atom is -0.369 e. The number of pyridine rings is 1. The van der Waals surface area contributed by atoms with Crippen LogP contribution in [0.2, 0.25) is 0 Å². The van der Waals surface area contributed by atoms with Crippen LogP contribution >= 0.6 is 0 Å². The molecule has 3 aromatic rings. The zero-order valence-corrected chi connectivity index (χ0v) is 21.6. The topological polar surface area (TPSA) is 95.5 Å². The lowest BCUT2D eigenvalue weighted by molar-refractivity contribution is 0.0951. The van der Waals surface area contributed by atoms with E-state index in [0.29, 0.717) is 29.4 Å². The number of hydrogen-bond donors (Lipinski definition) is 3. The van der Waals surface area contributed by atoms with Gasteiger partial charge in [0, 0.05) is 54.6 Å². The van der Waals surface area contributed by atoms with Crippen LogP contribution in [0.1, 0.15) is 53.7 Å². The molecule has 2 fully saturated rings. The Kier molecular flexibility index (Phi) is 6.39. The molecule has 3 heterocycles. The quantitative estimate of drug-likeness (QED) is 0.452. The molecule has 8 heteroatoms. The molecule has 2 unspecified atom stereocenters. The van der Waals surface area contributed by atoms with Gasteiger partial charge in [0.15, 0.2) is 0 Å². The first-order chi connectivity index (χ1) is 18.5. The number of anilines is 3. The van der Waals surface area contributed by atoms with E-state index in [2.05, 4.69) is 27.8 Å². The number of nitrogens with one attached hydrogen (secondary N) is 3. The molecule has 196 valence electrons. The molecule has 2 bridgehead atoms. The monoisotopic (exact) mass is 511 g/mol. The number of hydrogen-bond acceptors (Lipinski definition) is 4. The predicted molar refractivity (Wildman–Crippen MR) is 149 cm³/mol. The van der Waals surface area contributed by atoms with Crippen LogP contribution < -0.4 is 26.4 Å². The van der Waals surface area contributed by atoms with E-state index in [1.54, 1.807) is 12.1 Å². The number of carbonyl (C=O) groups is 2. The highest BCUT2D eigenvalue weighted by atomic mass is 16.2. The third-order valence-electron chi connectivity index (χ3n) is 7.86. The van der Waals surface area contributed by atoms with E-state index < -0.39 is 0 Å². The van der Waals surface area contributed by atoms with Crippen LogP contribution in [-0.4, -0.2) is 35.6 Å². The van der Waals surface area contributed by atoms with Crippen molar-refractivity contribution in [2.45, 2.75) is 51.1 Å². The second-order valence-corrected chi connectivity index (χ2v) is 10.7. The van der Waals surface area contributed by atoms with E-state index in [-0.39, 0.29) is 29.5 Å². The van der Waals surface area contributed by atoms with Crippen molar-refractivity contribution < 1.29 is 9.59 Å². The van der Waals surface area contributed by atoms with Gasteiger partial charge in [0.1, 0.15) is 0 Å². The van der Waals surface area contributed by atoms with Crippen molar-refractivity contribution in [1.82, 2.24) is 9.88 Å². The van der Waals surface area contributed by atoms with E-state index in [0.717, 1.165) is 50.2 Å². The van der Waals surface area contributed by atoms with Gasteiger partial charge >= 0.3 is 6.03 Å². The van der Waals surface area contributed by atoms with E-state index in [9.17, 15) is 14.4 Å². The van der Waals surface area contributed by atoms with Gasteiger partial charge < -0.3 is 25.4 Å². The lowest BCUT2D eigenvalue weighted by Gasteiger charge is -2.44. The first kappa shape index (κ1) is 24.3. The Balaban J connectivity index is 1.27. The number of fused-ring (bicyclic) bond motifs is 4. The summed E-state index contributed by atoms with van der Waals surface area (Å²) in [6, 6.07) is 18.7. The Morgan fingerprint density at radius 3 is 2.53 bits per heavy atom. The molecule has 2 aromatic carbocycles. The third kappa shape index (κ3) is 5.03. The summed E-state index contributed by atoms with van der Waals surface area (Å²) in [4.78, 5) is 40.6. The lowest BCUT2D eigenvalue weighted by atomic mass is 9.83. The maximum atomic E-state index is 13.1. The van der Waals surface area contributed by atoms with E-state index in [4.69, 9.17) is 0 Å². The van der Waals surface area contributed by atoms with Gasteiger partial charge in [-0.25, -0.2) is 4.79 Å². The molecule has 1 saturated heterocycles. The molecular formula is C30H33N5O3. The molecule has 3 N–H and O–H groups in total. The lowest BCUT2D eigenvalue weighted by Crippen LogP contribution is -2.47. The number of nitrogens with zero attached hydrogens (tertiary/aromatic N) is 2. The number of aryl methyl sites for hydroxylation is 1. The summed E-state index contributed by atoms with van der Waals surface area (Å²) in [5, 5.41) is 8.97. The second-order valence-electron chi connectivity index (χ2n) is 10.7. The molecule has 1 saturated carbocycles. The Hall–Kier alpha value is -4.07. The highest BCUT2D eigenvalue weighted by molar-refractivity contribution is 6.04. The van der Waals surface area contributed by atoms with Crippen LogP contribution in [0.5, 0.6) is 0 Å². The first-order valence-corrected chi connectivity index (χ1v) is 13.5. The van der Waals surface area contributed by atoms with Crippen LogP contribution in [0, 0.1) is 5.92 Å². The molecule has 6 rings (SSSR count). The maximum Gasteiger partial charge on any atom is 0.323 e. The molecule has 1 aliphatic carbocycles. The molecule has 0 spiro atoms. The van der Waals surface area contributed by atoms with Crippen LogP contribution in [-0.2, 0) is 13.0 Å². The average molecular weight is 512 g/mol. The van der Waals surface area contributed by atoms with Crippen molar-refractivity contribution in [1.29, 1.82) is 0 Å². The first-order valence-electron chi connectivity index (χ1n) is 13.5. The summed E-state index contributed by atoms with van der Waals surface area (Å²) in [5.74, 6) is 0.437. The Morgan fingerprint density at radius 1 is 0.947 bits per heavy atom. The number of urea groups is 1. The van der Waals surface area contributed by atoms with Crippen LogP contribution in [0.3, 0.4) is 0 Å². The van der Waals surface area contributed by atoms with Gasteiger partial charge in [0.2, 0.25) is 0 Å². The Bertz CT molecular complexity index is 1430. The van der Waals surface area contributed by atoms with Crippen molar-refractivity contribution in [2.75, 3.05) is 28.6 Å². The number of piperidine rings is 1. The Morgan fingerprint density at radius 2 is 1.76 bits per heavy atom. The SMILES string of the molecule is CCc1ccc(NC(=O)Nc2cc(C(=O)NC3CC3)ccc2N2CC3CC(C2)c2cccc(=O)n2C3)cc1. The Labute approximate surface area is 222 Å². The fourth-order valence-corrected chi connectivity index (χ4v) is 5.75. The van der Waals surface area contributed by atoms with Crippen LogP contribution in [0.15, 0.2) is 65.5 Å². The summed E-state index contributed by atoms with van der Waals surface area (Å²) >= 11 is 0. The second kappa shape index (κ2) is 10.0. The fourth-order valence-electron chi connectivity index (χ4n) is 5.75. The van der Waals surface area contributed by atoms with Crippen LogP contribution in [0.25, 0.3) is 0 Å². The highest BCUT2D eigenvalue weighted by Gasteiger charge is 2.35. The molecular weight excluding hydrogens is 478 g/mol. The van der Waals surface area contributed by atoms with Crippen LogP contribution in [0.4, 0.5) is 21.9 Å². The summed E-state index contributed by atoms with van der Waals surface area (Å²) in [7, 11) is 0. The van der Waals surface area contributed by atoms with Crippen molar-refractivity contribution >= 4 is 29.0 Å². The molecule has 38 heavy (non-hydrogen) atoms. The molecule has 1 aromatic heterocycles. The fraction of sp³-hybridized carbons (Fsp3) is 0.367. The normalized spacial score (nSPS) is 19.9. The number of benzene rings is 2. The zero-order chi connectivity index (χ0) is 26.2. The van der Waals surface area contributed by atoms with Crippen molar-refractivity contribution in [3.05, 3.63) is 87.8 Å². The molecule has 3 aliphatic rings. The van der Waals surface area contributed by atoms with Crippen molar-refractivity contribution in [2.24, 2.45) is 5.92 Å². The number of amides is 3. The summed E-state index contributed by atoms with van der Waals surface area (Å²) in [6.07, 6.45) is 3.99. The van der Waals surface area contributed by atoms with Gasteiger partial charge in [-0.15, -0.1) is 0 Å². The molecule has 0 radical (unpaired) electrons. The van der Waals surface area contributed by atoms with Gasteiger partial charge in [-0.2, -0.15) is 0 Å². The third-order valence-corrected chi connectivity index (χ3v) is 7.86. The average Bonchev–Trinajstić information content (AvgIpc) is 3.73. The predicted octanol–water partition coefficient (Wildman–Crippen LogP) is 4.57. The largest absolute Gasteiger partial charge is 0.369 e. The van der Waals surface area contributed by atoms with Gasteiger partial charge in [0.05, 0.1) is 11.4 Å². The maximum absolute atomic E-state index is 13.1. The standard InChI is InChI=1S/C30H33N5O3/c1-2-19-6-9-24(10-7-19)32-30(38)33-25-15-21(29(37)31-23-11-12-23)8-13-27(25)34-16-20-14-22(18-34)26-4-3-5-28(36)35(26)17-20/h3-10,13,15,20,22-23H,2,11-12,14,16-18H2,1H3,(H,31,37)(H2,32,33,38). The molecule has 2 atom stereocenters. The highest BCUT2D eigenvalue weighted by Crippen LogP contribution is 2.39. The molecule has 2 aliphatic heterocycles. The van der Waals surface area contributed by atoms with E-state index in [1.165, 1.54) is 5.56 Å². The van der Waals surface area contributed by atoms with E-state index >= 15 is 0 Å². The van der Waals surface area contributed by atoms with E-state index in [1.807, 2.05) is 53.1 Å². The molecule has 8 nitrogen and oxygen atoms in total. The number of carbonyl (C=O) groups excluding carboxylic acids is 2. The van der Waals surface area contributed by atoms with Gasteiger partial charge in [0.25, 0.3) is 11.5 Å². The summed E-state index contributed by atoms with van der Waals surface area (Å²) < 4.78 is 1.91. The number of aromatic nitrogens is 1. The van der Waals surface area contributed by atoms with Gasteiger partial charge in [-0.1, -0.05) is 25.1 Å². The smallest absolute Gasteiger partial charge is 0.323 e. The minimum absolute atomic E-state index is 0.0580. The van der Waals surface area contributed by atoms with Gasteiger partial charge in [-0.3, -0.25) is 9.59 Å². The zero-order valence-electron chi connectivity index (χ0n) is 21.6. The van der Waals surface area contributed by atoms with Gasteiger partial charge in [-0.05, 0) is 73.6 Å². The summed E-state index contributed by atoms with van der Waals surface area (Å²) in [5.41, 5.74) is 5.04. The summed E-state index contributed by atoms with van der Waals surface area (Å²) in [6.45, 7) is 4.30. The minimum atomic E-state index is -0.357. The number of rotatable bonds is 6.